The Kier molecular flexibility index (Phi) is 6.90. The molecule has 0 saturated carbocycles. The summed E-state index contributed by atoms with van der Waals surface area (Å²) in [4.78, 5) is 14.6. The second kappa shape index (κ2) is 8.18. The summed E-state index contributed by atoms with van der Waals surface area (Å²) in [5.74, 6) is 0.836. The summed E-state index contributed by atoms with van der Waals surface area (Å²) in [5, 5.41) is 0. The van der Waals surface area contributed by atoms with Crippen molar-refractivity contribution in [3.63, 3.8) is 0 Å². The highest BCUT2D eigenvalue weighted by molar-refractivity contribution is 5.83. The molecule has 2 unspecified atom stereocenters. The topological polar surface area (TPSA) is 46.3 Å². The van der Waals surface area contributed by atoms with E-state index in [4.69, 9.17) is 5.73 Å². The predicted molar refractivity (Wildman–Crippen MR) is 89.1 cm³/mol. The molecule has 0 bridgehead atoms. The molecule has 0 fully saturated rings. The summed E-state index contributed by atoms with van der Waals surface area (Å²) in [6.07, 6.45) is 0.847. The van der Waals surface area contributed by atoms with E-state index in [0.29, 0.717) is 12.5 Å². The number of hydrogen-bond donors (Lipinski definition) is 1. The van der Waals surface area contributed by atoms with E-state index in [1.807, 2.05) is 42.3 Å². The highest BCUT2D eigenvalue weighted by Gasteiger charge is 2.26. The minimum Gasteiger partial charge on any atom is -0.345 e. The maximum Gasteiger partial charge on any atom is 0.230 e. The van der Waals surface area contributed by atoms with Crippen molar-refractivity contribution in [1.29, 1.82) is 0 Å². The van der Waals surface area contributed by atoms with Crippen molar-refractivity contribution in [2.45, 2.75) is 46.1 Å². The van der Waals surface area contributed by atoms with Gasteiger partial charge in [-0.25, -0.2) is 0 Å². The van der Waals surface area contributed by atoms with Crippen LogP contribution in [-0.2, 0) is 4.79 Å². The van der Waals surface area contributed by atoms with Crippen molar-refractivity contribution in [2.75, 3.05) is 13.6 Å². The third-order valence-electron chi connectivity index (χ3n) is 4.12. The summed E-state index contributed by atoms with van der Waals surface area (Å²) in [5.41, 5.74) is 7.17. The standard InChI is InChI=1S/C18H30N2O/c1-13(2)16(19)11-12-20(5)18(21)17(14(3)4)15-9-7-6-8-10-15/h6-10,13-14,16-17H,11-12,19H2,1-5H3. The van der Waals surface area contributed by atoms with Gasteiger partial charge >= 0.3 is 0 Å². The average molecular weight is 290 g/mol. The lowest BCUT2D eigenvalue weighted by Crippen LogP contribution is -2.38. The number of carbonyl (C=O) groups is 1. The predicted octanol–water partition coefficient (Wildman–Crippen LogP) is 3.26. The molecule has 3 heteroatoms. The molecule has 0 spiro atoms. The van der Waals surface area contributed by atoms with Crippen LogP contribution in [0.5, 0.6) is 0 Å². The van der Waals surface area contributed by atoms with E-state index in [2.05, 4.69) is 27.7 Å². The van der Waals surface area contributed by atoms with Crippen LogP contribution in [0.3, 0.4) is 0 Å². The van der Waals surface area contributed by atoms with Crippen LogP contribution in [0.1, 0.15) is 45.6 Å². The SMILES string of the molecule is CC(C)C(N)CCN(C)C(=O)C(c1ccccc1)C(C)C. The Morgan fingerprint density at radius 3 is 2.14 bits per heavy atom. The van der Waals surface area contributed by atoms with Gasteiger partial charge in [-0.05, 0) is 23.8 Å². The molecule has 0 aromatic heterocycles. The molecule has 0 heterocycles. The maximum atomic E-state index is 12.8. The van der Waals surface area contributed by atoms with Gasteiger partial charge in [0.25, 0.3) is 0 Å². The second-order valence-corrected chi connectivity index (χ2v) is 6.59. The zero-order valence-corrected chi connectivity index (χ0v) is 14.0. The van der Waals surface area contributed by atoms with Crippen LogP contribution in [-0.4, -0.2) is 30.4 Å². The maximum absolute atomic E-state index is 12.8. The van der Waals surface area contributed by atoms with E-state index in [-0.39, 0.29) is 23.8 Å². The van der Waals surface area contributed by atoms with Crippen molar-refractivity contribution in [3.8, 4) is 0 Å². The van der Waals surface area contributed by atoms with Crippen molar-refractivity contribution >= 4 is 5.91 Å². The third-order valence-corrected chi connectivity index (χ3v) is 4.12. The number of nitrogens with two attached hydrogens (primary N) is 1. The van der Waals surface area contributed by atoms with Crippen molar-refractivity contribution < 1.29 is 4.79 Å². The number of benzene rings is 1. The zero-order valence-electron chi connectivity index (χ0n) is 14.0. The van der Waals surface area contributed by atoms with E-state index in [1.165, 1.54) is 0 Å². The second-order valence-electron chi connectivity index (χ2n) is 6.59. The van der Waals surface area contributed by atoms with Crippen molar-refractivity contribution in [1.82, 2.24) is 4.90 Å². The molecule has 1 amide bonds. The van der Waals surface area contributed by atoms with Gasteiger partial charge in [-0.1, -0.05) is 58.0 Å². The molecule has 2 N–H and O–H groups in total. The molecule has 0 aliphatic carbocycles. The average Bonchev–Trinajstić information content (AvgIpc) is 2.44. The first-order valence-electron chi connectivity index (χ1n) is 7.90. The lowest BCUT2D eigenvalue weighted by Gasteiger charge is -2.28. The van der Waals surface area contributed by atoms with Gasteiger partial charge < -0.3 is 10.6 Å². The van der Waals surface area contributed by atoms with Crippen LogP contribution in [0.25, 0.3) is 0 Å². The Morgan fingerprint density at radius 1 is 1.10 bits per heavy atom. The summed E-state index contributed by atoms with van der Waals surface area (Å²) in [7, 11) is 1.88. The normalized spacial score (nSPS) is 14.3. The lowest BCUT2D eigenvalue weighted by molar-refractivity contribution is -0.132. The van der Waals surface area contributed by atoms with E-state index in [9.17, 15) is 4.79 Å². The van der Waals surface area contributed by atoms with Crippen LogP contribution in [0, 0.1) is 11.8 Å². The van der Waals surface area contributed by atoms with Gasteiger partial charge in [-0.2, -0.15) is 0 Å². The summed E-state index contributed by atoms with van der Waals surface area (Å²) in [6.45, 7) is 9.15. The molecule has 1 rings (SSSR count). The Balaban J connectivity index is 2.73. The molecule has 0 aliphatic heterocycles. The number of rotatable bonds is 7. The van der Waals surface area contributed by atoms with Gasteiger partial charge in [0.05, 0.1) is 5.92 Å². The molecule has 118 valence electrons. The van der Waals surface area contributed by atoms with Gasteiger partial charge in [0.2, 0.25) is 5.91 Å². The van der Waals surface area contributed by atoms with Crippen molar-refractivity contribution in [3.05, 3.63) is 35.9 Å². The number of hydrogen-bond acceptors (Lipinski definition) is 2. The van der Waals surface area contributed by atoms with Crippen LogP contribution in [0.2, 0.25) is 0 Å². The fourth-order valence-electron chi connectivity index (χ4n) is 2.50. The minimum atomic E-state index is -0.0773. The van der Waals surface area contributed by atoms with Crippen LogP contribution in [0.4, 0.5) is 0 Å². The van der Waals surface area contributed by atoms with E-state index >= 15 is 0 Å². The summed E-state index contributed by atoms with van der Waals surface area (Å²) >= 11 is 0. The molecule has 3 nitrogen and oxygen atoms in total. The van der Waals surface area contributed by atoms with Gasteiger partial charge in [-0.15, -0.1) is 0 Å². The summed E-state index contributed by atoms with van der Waals surface area (Å²) < 4.78 is 0. The number of likely N-dealkylation sites (N-methyl/N-ethyl adjacent to an activating group) is 1. The van der Waals surface area contributed by atoms with Gasteiger partial charge in [0.15, 0.2) is 0 Å². The monoisotopic (exact) mass is 290 g/mol. The quantitative estimate of drug-likeness (QED) is 0.838. The highest BCUT2D eigenvalue weighted by Crippen LogP contribution is 2.26. The van der Waals surface area contributed by atoms with E-state index < -0.39 is 0 Å². The Labute approximate surface area is 129 Å². The lowest BCUT2D eigenvalue weighted by atomic mass is 9.87. The molecule has 0 radical (unpaired) electrons. The van der Waals surface area contributed by atoms with Crippen molar-refractivity contribution in [2.24, 2.45) is 17.6 Å². The fourth-order valence-corrected chi connectivity index (χ4v) is 2.50. The molecule has 21 heavy (non-hydrogen) atoms. The van der Waals surface area contributed by atoms with Crippen LogP contribution >= 0.6 is 0 Å². The fraction of sp³-hybridized carbons (Fsp3) is 0.611. The van der Waals surface area contributed by atoms with Gasteiger partial charge in [0.1, 0.15) is 0 Å². The smallest absolute Gasteiger partial charge is 0.230 e. The molecule has 0 saturated heterocycles. The largest absolute Gasteiger partial charge is 0.345 e. The molecule has 1 aromatic carbocycles. The molecular weight excluding hydrogens is 260 g/mol. The first-order chi connectivity index (χ1) is 9.84. The zero-order chi connectivity index (χ0) is 16.0. The molecule has 2 atom stereocenters. The Bertz CT molecular complexity index is 428. The van der Waals surface area contributed by atoms with Crippen LogP contribution in [0.15, 0.2) is 30.3 Å². The molecular formula is C18H30N2O. The Hall–Kier alpha value is -1.35. The first kappa shape index (κ1) is 17.7. The Morgan fingerprint density at radius 2 is 1.67 bits per heavy atom. The summed E-state index contributed by atoms with van der Waals surface area (Å²) in [6, 6.07) is 10.2. The van der Waals surface area contributed by atoms with Gasteiger partial charge in [-0.3, -0.25) is 4.79 Å². The minimum absolute atomic E-state index is 0.0773. The number of carbonyl (C=O) groups excluding carboxylic acids is 1. The highest BCUT2D eigenvalue weighted by atomic mass is 16.2. The first-order valence-corrected chi connectivity index (χ1v) is 7.90. The van der Waals surface area contributed by atoms with E-state index in [1.54, 1.807) is 0 Å². The molecule has 1 aromatic rings. The molecule has 0 aliphatic rings. The number of nitrogens with zero attached hydrogens (tertiary/aromatic N) is 1. The van der Waals surface area contributed by atoms with E-state index in [0.717, 1.165) is 12.0 Å². The third kappa shape index (κ3) is 5.16. The van der Waals surface area contributed by atoms with Crippen LogP contribution < -0.4 is 5.73 Å². The van der Waals surface area contributed by atoms with Gasteiger partial charge in [0, 0.05) is 19.6 Å². The number of amides is 1.